The van der Waals surface area contributed by atoms with Gasteiger partial charge in [-0.05, 0) is 43.5 Å². The van der Waals surface area contributed by atoms with E-state index in [-0.39, 0.29) is 23.2 Å². The summed E-state index contributed by atoms with van der Waals surface area (Å²) in [7, 11) is 1.44. The number of phenols is 1. The van der Waals surface area contributed by atoms with Crippen LogP contribution in [0.4, 0.5) is 32.2 Å². The summed E-state index contributed by atoms with van der Waals surface area (Å²) in [5, 5.41) is 31.5. The van der Waals surface area contributed by atoms with Gasteiger partial charge in [0, 0.05) is 19.1 Å². The van der Waals surface area contributed by atoms with Gasteiger partial charge in [0.25, 0.3) is 5.56 Å². The summed E-state index contributed by atoms with van der Waals surface area (Å²) in [5.41, 5.74) is -1.44. The molecule has 1 aliphatic carbocycles. The molecule has 1 aromatic heterocycles. The fraction of sp³-hybridized carbons (Fsp3) is 0.474. The summed E-state index contributed by atoms with van der Waals surface area (Å²) in [6.07, 6.45) is -7.65. The Balaban J connectivity index is 0.000000406. The molecule has 2 heterocycles. The topological polar surface area (TPSA) is 129 Å². The Morgan fingerprint density at radius 2 is 1.82 bits per heavy atom. The number of benzene rings is 1. The Kier molecular flexibility index (Phi) is 6.78. The number of nitrogens with zero attached hydrogens (tertiary/aromatic N) is 3. The van der Waals surface area contributed by atoms with Gasteiger partial charge in [-0.3, -0.25) is 9.36 Å². The number of carboxylic acid groups (broad SMARTS) is 1. The highest BCUT2D eigenvalue weighted by Gasteiger charge is 2.40. The second-order valence-corrected chi connectivity index (χ2v) is 7.87. The molecule has 2 aliphatic rings. The van der Waals surface area contributed by atoms with E-state index in [0.29, 0.717) is 18.0 Å². The third kappa shape index (κ3) is 5.40. The van der Waals surface area contributed by atoms with E-state index < -0.39 is 35.2 Å². The van der Waals surface area contributed by atoms with E-state index in [1.165, 1.54) is 7.05 Å². The van der Waals surface area contributed by atoms with Gasteiger partial charge >= 0.3 is 18.3 Å². The first-order valence-corrected chi connectivity index (χ1v) is 9.82. The Bertz CT molecular complexity index is 1130. The lowest BCUT2D eigenvalue weighted by Crippen LogP contribution is -2.43. The summed E-state index contributed by atoms with van der Waals surface area (Å²) in [6, 6.07) is 2.90. The number of aromatic nitrogens is 3. The molecule has 4 N–H and O–H groups in total. The Labute approximate surface area is 187 Å². The van der Waals surface area contributed by atoms with Crippen LogP contribution in [0.15, 0.2) is 23.0 Å². The van der Waals surface area contributed by atoms with Gasteiger partial charge in [-0.15, -0.1) is 10.2 Å². The predicted octanol–water partition coefficient (Wildman–Crippen LogP) is 2.36. The predicted molar refractivity (Wildman–Crippen MR) is 105 cm³/mol. The number of piperidine rings is 1. The van der Waals surface area contributed by atoms with Gasteiger partial charge in [0.15, 0.2) is 5.82 Å². The summed E-state index contributed by atoms with van der Waals surface area (Å²) in [4.78, 5) is 21.5. The van der Waals surface area contributed by atoms with E-state index in [9.17, 15) is 36.2 Å². The zero-order valence-corrected chi connectivity index (χ0v) is 17.4. The molecular weight excluding hydrogens is 476 g/mol. The van der Waals surface area contributed by atoms with E-state index in [0.717, 1.165) is 36.1 Å². The fourth-order valence-corrected chi connectivity index (χ4v) is 3.87. The number of anilines is 1. The number of carboxylic acids is 1. The molecule has 1 aliphatic heterocycles. The van der Waals surface area contributed by atoms with Gasteiger partial charge in [-0.2, -0.15) is 26.3 Å². The van der Waals surface area contributed by atoms with E-state index in [4.69, 9.17) is 9.90 Å². The van der Waals surface area contributed by atoms with E-state index in [1.807, 2.05) is 0 Å². The standard InChI is InChI=1S/C17H18F3N5O2.C2HF3O2/c1-25-15(10-3-2-9(6-13(10)26)17(18,19)20)24-23-14(16(25)27)22-12-5-8-4-11(12)21-7-8;3-2(4,5)1(6)7/h2-3,6,8,11-12,21,26H,4-5,7H2,1H3,(H,22,23);(H,6,7). The molecule has 4 rings (SSSR count). The summed E-state index contributed by atoms with van der Waals surface area (Å²) >= 11 is 0. The van der Waals surface area contributed by atoms with Gasteiger partial charge in [0.2, 0.25) is 5.82 Å². The van der Waals surface area contributed by atoms with Crippen molar-refractivity contribution in [3.8, 4) is 17.1 Å². The normalized spacial score (nSPS) is 21.7. The maximum Gasteiger partial charge on any atom is 0.490 e. The Morgan fingerprint density at radius 1 is 1.18 bits per heavy atom. The monoisotopic (exact) mass is 495 g/mol. The number of aliphatic carboxylic acids is 1. The zero-order chi connectivity index (χ0) is 25.4. The van der Waals surface area contributed by atoms with Crippen LogP contribution < -0.4 is 16.2 Å². The number of rotatable bonds is 3. The number of fused-ring (bicyclic) bond motifs is 2. The highest BCUT2D eigenvalue weighted by Crippen LogP contribution is 2.36. The van der Waals surface area contributed by atoms with Crippen LogP contribution in [0.5, 0.6) is 5.75 Å². The minimum absolute atomic E-state index is 0.00300. The molecule has 3 atom stereocenters. The summed E-state index contributed by atoms with van der Waals surface area (Å²) < 4.78 is 71.1. The number of hydrogen-bond acceptors (Lipinski definition) is 7. The van der Waals surface area contributed by atoms with Gasteiger partial charge in [0.05, 0.1) is 11.1 Å². The number of nitrogens with one attached hydrogen (secondary N) is 2. The first kappa shape index (κ1) is 25.3. The van der Waals surface area contributed by atoms with Gasteiger partial charge in [-0.1, -0.05) is 0 Å². The number of hydrogen-bond donors (Lipinski definition) is 4. The number of aromatic hydroxyl groups is 1. The molecule has 2 fully saturated rings. The molecule has 2 bridgehead atoms. The summed E-state index contributed by atoms with van der Waals surface area (Å²) in [6.45, 7) is 0.985. The average molecular weight is 495 g/mol. The second-order valence-electron chi connectivity index (χ2n) is 7.87. The smallest absolute Gasteiger partial charge is 0.490 e. The number of phenolic OH excluding ortho intramolecular Hbond substituents is 1. The van der Waals surface area contributed by atoms with Crippen molar-refractivity contribution < 1.29 is 41.4 Å². The quantitative estimate of drug-likeness (QED) is 0.478. The van der Waals surface area contributed by atoms with Crippen LogP contribution in [0.3, 0.4) is 0 Å². The van der Waals surface area contributed by atoms with Gasteiger partial charge in [-0.25, -0.2) is 4.79 Å². The van der Waals surface area contributed by atoms with Crippen molar-refractivity contribution in [2.24, 2.45) is 13.0 Å². The van der Waals surface area contributed by atoms with Crippen molar-refractivity contribution in [1.82, 2.24) is 20.1 Å². The van der Waals surface area contributed by atoms with Crippen LogP contribution in [-0.4, -0.2) is 55.8 Å². The molecule has 0 radical (unpaired) electrons. The molecule has 0 spiro atoms. The van der Waals surface area contributed by atoms with Crippen molar-refractivity contribution in [2.45, 2.75) is 37.3 Å². The van der Waals surface area contributed by atoms with E-state index in [1.54, 1.807) is 0 Å². The highest BCUT2D eigenvalue weighted by atomic mass is 19.4. The van der Waals surface area contributed by atoms with Crippen LogP contribution in [-0.2, 0) is 18.0 Å². The summed E-state index contributed by atoms with van der Waals surface area (Å²) in [5.74, 6) is -2.71. The largest absolute Gasteiger partial charge is 0.507 e. The van der Waals surface area contributed by atoms with E-state index in [2.05, 4.69) is 20.8 Å². The molecule has 1 saturated carbocycles. The van der Waals surface area contributed by atoms with E-state index >= 15 is 0 Å². The van der Waals surface area contributed by atoms with Crippen molar-refractivity contribution in [2.75, 3.05) is 11.9 Å². The third-order valence-electron chi connectivity index (χ3n) is 5.53. The SMILES string of the molecule is Cn1c(-c2ccc(C(F)(F)F)cc2O)nnc(NC2CC3CNC2C3)c1=O.O=C(O)C(F)(F)F. The Hall–Kier alpha value is -3.36. The molecular formula is C19H19F6N5O4. The number of alkyl halides is 6. The molecule has 34 heavy (non-hydrogen) atoms. The molecule has 2 aromatic rings. The maximum atomic E-state index is 12.7. The van der Waals surface area contributed by atoms with Crippen LogP contribution in [0.25, 0.3) is 11.4 Å². The van der Waals surface area contributed by atoms with Crippen molar-refractivity contribution in [3.05, 3.63) is 34.1 Å². The van der Waals surface area contributed by atoms with Gasteiger partial charge in [0.1, 0.15) is 5.75 Å². The molecule has 3 unspecified atom stereocenters. The lowest BCUT2D eigenvalue weighted by Gasteiger charge is -2.24. The molecule has 0 amide bonds. The first-order valence-electron chi connectivity index (χ1n) is 9.82. The number of carbonyl (C=O) groups is 1. The molecule has 9 nitrogen and oxygen atoms in total. The van der Waals surface area contributed by atoms with Crippen LogP contribution in [0, 0.1) is 5.92 Å². The minimum atomic E-state index is -5.08. The third-order valence-corrected chi connectivity index (χ3v) is 5.53. The van der Waals surface area contributed by atoms with Crippen LogP contribution in [0.2, 0.25) is 0 Å². The van der Waals surface area contributed by atoms with Crippen molar-refractivity contribution in [1.29, 1.82) is 0 Å². The second kappa shape index (κ2) is 9.12. The zero-order valence-electron chi connectivity index (χ0n) is 17.4. The lowest BCUT2D eigenvalue weighted by atomic mass is 10.1. The molecule has 15 heteroatoms. The number of halogens is 6. The fourth-order valence-electron chi connectivity index (χ4n) is 3.87. The first-order chi connectivity index (χ1) is 15.7. The maximum absolute atomic E-state index is 12.7. The highest BCUT2D eigenvalue weighted by molar-refractivity contribution is 5.73. The van der Waals surface area contributed by atoms with Crippen LogP contribution >= 0.6 is 0 Å². The van der Waals surface area contributed by atoms with Crippen molar-refractivity contribution >= 4 is 11.8 Å². The van der Waals surface area contributed by atoms with Crippen molar-refractivity contribution in [3.63, 3.8) is 0 Å². The Morgan fingerprint density at radius 3 is 2.29 bits per heavy atom. The lowest BCUT2D eigenvalue weighted by molar-refractivity contribution is -0.192. The van der Waals surface area contributed by atoms with Crippen LogP contribution in [0.1, 0.15) is 18.4 Å². The minimum Gasteiger partial charge on any atom is -0.507 e. The molecule has 186 valence electrons. The average Bonchev–Trinajstić information content (AvgIpc) is 3.34. The molecule has 1 aromatic carbocycles. The van der Waals surface area contributed by atoms with Gasteiger partial charge < -0.3 is 20.8 Å². The molecule has 1 saturated heterocycles.